The fourth-order valence-electron chi connectivity index (χ4n) is 4.59. The van der Waals surface area contributed by atoms with E-state index in [-0.39, 0.29) is 17.6 Å². The van der Waals surface area contributed by atoms with Gasteiger partial charge in [0.05, 0.1) is 11.5 Å². The zero-order chi connectivity index (χ0) is 18.9. The van der Waals surface area contributed by atoms with Gasteiger partial charge < -0.3 is 10.0 Å². The van der Waals surface area contributed by atoms with Gasteiger partial charge in [-0.2, -0.15) is 0 Å². The van der Waals surface area contributed by atoms with Crippen molar-refractivity contribution in [3.63, 3.8) is 0 Å². The summed E-state index contributed by atoms with van der Waals surface area (Å²) in [7, 11) is 0. The summed E-state index contributed by atoms with van der Waals surface area (Å²) in [4.78, 5) is 15.2. The molecule has 1 amide bonds. The van der Waals surface area contributed by atoms with Crippen molar-refractivity contribution in [2.45, 2.75) is 43.6 Å². The predicted octanol–water partition coefficient (Wildman–Crippen LogP) is 4.22. The Balaban J connectivity index is 1.44. The molecule has 3 nitrogen and oxygen atoms in total. The molecular formula is C23H26FNO2. The predicted molar refractivity (Wildman–Crippen MR) is 103 cm³/mol. The fraction of sp³-hybridized carbons (Fsp3) is 0.435. The first-order valence-corrected chi connectivity index (χ1v) is 9.89. The standard InChI is InChI=1S/C23H26FNO2/c24-20-9-4-8-19(16-20)23(12-5-13-23)22(27)25-14-10-18(11-15-25)21(26)17-6-2-1-3-7-17/h1-4,6-9,16,18,21,26H,5,10-15H2. The largest absolute Gasteiger partial charge is 0.388 e. The van der Waals surface area contributed by atoms with Crippen LogP contribution >= 0.6 is 0 Å². The van der Waals surface area contributed by atoms with Crippen molar-refractivity contribution in [1.29, 1.82) is 0 Å². The Hall–Kier alpha value is -2.20. The van der Waals surface area contributed by atoms with E-state index >= 15 is 0 Å². The van der Waals surface area contributed by atoms with Gasteiger partial charge >= 0.3 is 0 Å². The van der Waals surface area contributed by atoms with Gasteiger partial charge in [0, 0.05) is 13.1 Å². The smallest absolute Gasteiger partial charge is 0.233 e. The van der Waals surface area contributed by atoms with Gasteiger partial charge in [-0.1, -0.05) is 48.9 Å². The van der Waals surface area contributed by atoms with Crippen molar-refractivity contribution in [2.24, 2.45) is 5.92 Å². The van der Waals surface area contributed by atoms with E-state index in [0.29, 0.717) is 13.1 Å². The van der Waals surface area contributed by atoms with Crippen molar-refractivity contribution in [1.82, 2.24) is 4.90 Å². The number of nitrogens with zero attached hydrogens (tertiary/aromatic N) is 1. The van der Waals surface area contributed by atoms with Gasteiger partial charge in [0.1, 0.15) is 5.82 Å². The molecule has 2 aliphatic rings. The molecule has 1 atom stereocenters. The Morgan fingerprint density at radius 3 is 2.37 bits per heavy atom. The van der Waals surface area contributed by atoms with Gasteiger partial charge in [0.25, 0.3) is 0 Å². The van der Waals surface area contributed by atoms with Crippen LogP contribution in [0.1, 0.15) is 49.3 Å². The molecule has 1 unspecified atom stereocenters. The van der Waals surface area contributed by atoms with E-state index in [1.165, 1.54) is 12.1 Å². The molecule has 1 N–H and O–H groups in total. The number of carbonyl (C=O) groups is 1. The van der Waals surface area contributed by atoms with Crippen molar-refractivity contribution in [3.8, 4) is 0 Å². The first-order chi connectivity index (χ1) is 13.1. The highest BCUT2D eigenvalue weighted by molar-refractivity contribution is 5.89. The number of halogens is 1. The van der Waals surface area contributed by atoms with Gasteiger partial charge in [-0.3, -0.25) is 4.79 Å². The second-order valence-electron chi connectivity index (χ2n) is 7.93. The summed E-state index contributed by atoms with van der Waals surface area (Å²) < 4.78 is 13.7. The number of aliphatic hydroxyl groups is 1. The van der Waals surface area contributed by atoms with Crippen molar-refractivity contribution >= 4 is 5.91 Å². The molecule has 0 spiro atoms. The van der Waals surface area contributed by atoms with E-state index in [1.54, 1.807) is 6.07 Å². The maximum absolute atomic E-state index is 13.7. The number of carbonyl (C=O) groups excluding carboxylic acids is 1. The first-order valence-electron chi connectivity index (χ1n) is 9.89. The molecule has 142 valence electrons. The number of aliphatic hydroxyl groups excluding tert-OH is 1. The molecule has 2 aromatic rings. The minimum atomic E-state index is -0.549. The Morgan fingerprint density at radius 1 is 1.07 bits per heavy atom. The lowest BCUT2D eigenvalue weighted by atomic mass is 9.63. The number of amides is 1. The summed E-state index contributed by atoms with van der Waals surface area (Å²) in [5, 5.41) is 10.7. The van der Waals surface area contributed by atoms with Crippen LogP contribution in [0.5, 0.6) is 0 Å². The lowest BCUT2D eigenvalue weighted by molar-refractivity contribution is -0.143. The molecule has 1 heterocycles. The second kappa shape index (κ2) is 7.43. The highest BCUT2D eigenvalue weighted by atomic mass is 19.1. The lowest BCUT2D eigenvalue weighted by Gasteiger charge is -2.46. The summed E-state index contributed by atoms with van der Waals surface area (Å²) in [6, 6.07) is 16.3. The monoisotopic (exact) mass is 367 g/mol. The Morgan fingerprint density at radius 2 is 1.78 bits per heavy atom. The molecule has 27 heavy (non-hydrogen) atoms. The molecule has 4 heteroatoms. The van der Waals surface area contributed by atoms with Crippen LogP contribution in [0.25, 0.3) is 0 Å². The molecule has 1 saturated heterocycles. The summed E-state index contributed by atoms with van der Waals surface area (Å²) in [5.74, 6) is 0.0197. The molecule has 0 bridgehead atoms. The van der Waals surface area contributed by atoms with Gasteiger partial charge in [-0.25, -0.2) is 4.39 Å². The van der Waals surface area contributed by atoms with E-state index in [0.717, 1.165) is 43.2 Å². The molecule has 1 aliphatic carbocycles. The van der Waals surface area contributed by atoms with Gasteiger partial charge in [0.2, 0.25) is 5.91 Å². The highest BCUT2D eigenvalue weighted by Gasteiger charge is 2.48. The lowest BCUT2D eigenvalue weighted by Crippen LogP contribution is -2.53. The van der Waals surface area contributed by atoms with Crippen LogP contribution in [-0.2, 0) is 10.2 Å². The fourth-order valence-corrected chi connectivity index (χ4v) is 4.59. The molecule has 0 aromatic heterocycles. The molecule has 4 rings (SSSR count). The van der Waals surface area contributed by atoms with E-state index in [9.17, 15) is 14.3 Å². The van der Waals surface area contributed by atoms with Crippen LogP contribution < -0.4 is 0 Å². The Bertz CT molecular complexity index is 795. The molecule has 1 saturated carbocycles. The number of hydrogen-bond acceptors (Lipinski definition) is 2. The first kappa shape index (κ1) is 18.2. The van der Waals surface area contributed by atoms with E-state index in [4.69, 9.17) is 0 Å². The van der Waals surface area contributed by atoms with E-state index < -0.39 is 11.5 Å². The van der Waals surface area contributed by atoms with Crippen molar-refractivity contribution < 1.29 is 14.3 Å². The topological polar surface area (TPSA) is 40.5 Å². The molecular weight excluding hydrogens is 341 g/mol. The van der Waals surface area contributed by atoms with Gasteiger partial charge in [-0.05, 0) is 54.9 Å². The summed E-state index contributed by atoms with van der Waals surface area (Å²) in [6.07, 6.45) is 3.70. The van der Waals surface area contributed by atoms with Crippen LogP contribution in [0.4, 0.5) is 4.39 Å². The average molecular weight is 367 g/mol. The molecule has 0 radical (unpaired) electrons. The maximum atomic E-state index is 13.7. The van der Waals surface area contributed by atoms with Crippen LogP contribution in [0.3, 0.4) is 0 Å². The van der Waals surface area contributed by atoms with Crippen molar-refractivity contribution in [3.05, 3.63) is 71.5 Å². The zero-order valence-corrected chi connectivity index (χ0v) is 15.5. The van der Waals surface area contributed by atoms with Gasteiger partial charge in [0.15, 0.2) is 0 Å². The number of rotatable bonds is 4. The Labute approximate surface area is 159 Å². The number of benzene rings is 2. The second-order valence-corrected chi connectivity index (χ2v) is 7.93. The van der Waals surface area contributed by atoms with E-state index in [1.807, 2.05) is 41.3 Å². The number of likely N-dealkylation sites (tertiary alicyclic amines) is 1. The third-order valence-electron chi connectivity index (χ3n) is 6.41. The van der Waals surface area contributed by atoms with Crippen LogP contribution in [-0.4, -0.2) is 29.0 Å². The summed E-state index contributed by atoms with van der Waals surface area (Å²) in [6.45, 7) is 1.31. The van der Waals surface area contributed by atoms with Crippen LogP contribution in [0, 0.1) is 11.7 Å². The van der Waals surface area contributed by atoms with Crippen molar-refractivity contribution in [2.75, 3.05) is 13.1 Å². The minimum Gasteiger partial charge on any atom is -0.388 e. The number of piperidine rings is 1. The summed E-state index contributed by atoms with van der Waals surface area (Å²) in [5.41, 5.74) is 1.20. The van der Waals surface area contributed by atoms with E-state index in [2.05, 4.69) is 0 Å². The maximum Gasteiger partial charge on any atom is 0.233 e. The van der Waals surface area contributed by atoms with Gasteiger partial charge in [-0.15, -0.1) is 0 Å². The zero-order valence-electron chi connectivity index (χ0n) is 15.5. The number of hydrogen-bond donors (Lipinski definition) is 1. The normalized spacial score (nSPS) is 20.7. The van der Waals surface area contributed by atoms with Crippen LogP contribution in [0.2, 0.25) is 0 Å². The highest BCUT2D eigenvalue weighted by Crippen LogP contribution is 2.46. The Kier molecular flexibility index (Phi) is 5.00. The third kappa shape index (κ3) is 3.39. The molecule has 1 aliphatic heterocycles. The molecule has 2 aromatic carbocycles. The quantitative estimate of drug-likeness (QED) is 0.879. The SMILES string of the molecule is O=C(N1CCC(C(O)c2ccccc2)CC1)C1(c2cccc(F)c2)CCC1. The minimum absolute atomic E-state index is 0.131. The third-order valence-corrected chi connectivity index (χ3v) is 6.41. The average Bonchev–Trinajstić information content (AvgIpc) is 2.67. The molecule has 2 fully saturated rings. The summed E-state index contributed by atoms with van der Waals surface area (Å²) >= 11 is 0. The van der Waals surface area contributed by atoms with Crippen LogP contribution in [0.15, 0.2) is 54.6 Å².